The zero-order chi connectivity index (χ0) is 11.5. The van der Waals surface area contributed by atoms with Crippen LogP contribution in [0.25, 0.3) is 0 Å². The molecule has 0 saturated carbocycles. The van der Waals surface area contributed by atoms with E-state index in [2.05, 4.69) is 33.0 Å². The number of hydrogen-bond donors (Lipinski definition) is 1. The summed E-state index contributed by atoms with van der Waals surface area (Å²) in [5.74, 6) is 0. The number of rotatable bonds is 3. The first-order chi connectivity index (χ1) is 7.65. The standard InChI is InChI=1S/C11H17BrN2OS/c1-8(13)10-7-14(4-5-15-10)6-9-2-3-11(12)16-9/h2-3,8,10H,4-7,13H2,1H3. The zero-order valence-electron chi connectivity index (χ0n) is 9.36. The van der Waals surface area contributed by atoms with Gasteiger partial charge in [-0.1, -0.05) is 0 Å². The van der Waals surface area contributed by atoms with E-state index >= 15 is 0 Å². The van der Waals surface area contributed by atoms with Gasteiger partial charge in [-0.3, -0.25) is 4.90 Å². The normalized spacial score (nSPS) is 24.6. The fourth-order valence-corrected chi connectivity index (χ4v) is 3.38. The number of nitrogens with zero attached hydrogens (tertiary/aromatic N) is 1. The van der Waals surface area contributed by atoms with E-state index in [-0.39, 0.29) is 12.1 Å². The molecule has 2 atom stereocenters. The van der Waals surface area contributed by atoms with Crippen LogP contribution < -0.4 is 5.73 Å². The molecule has 1 fully saturated rings. The fourth-order valence-electron chi connectivity index (χ4n) is 1.85. The van der Waals surface area contributed by atoms with Gasteiger partial charge in [0.1, 0.15) is 0 Å². The summed E-state index contributed by atoms with van der Waals surface area (Å²) in [5, 5.41) is 0. The van der Waals surface area contributed by atoms with Gasteiger partial charge in [0.05, 0.1) is 16.5 Å². The molecule has 5 heteroatoms. The van der Waals surface area contributed by atoms with Crippen LogP contribution in [0, 0.1) is 0 Å². The van der Waals surface area contributed by atoms with Crippen molar-refractivity contribution >= 4 is 27.3 Å². The van der Waals surface area contributed by atoms with Gasteiger partial charge in [-0.15, -0.1) is 11.3 Å². The average Bonchev–Trinajstić information content (AvgIpc) is 2.64. The molecule has 0 aromatic carbocycles. The number of nitrogens with two attached hydrogens (primary N) is 1. The van der Waals surface area contributed by atoms with Crippen LogP contribution in [0.15, 0.2) is 15.9 Å². The summed E-state index contributed by atoms with van der Waals surface area (Å²) in [5.41, 5.74) is 5.87. The van der Waals surface area contributed by atoms with Crippen LogP contribution in [0.5, 0.6) is 0 Å². The van der Waals surface area contributed by atoms with Gasteiger partial charge in [0.2, 0.25) is 0 Å². The molecule has 2 N–H and O–H groups in total. The molecule has 2 unspecified atom stereocenters. The number of morpholine rings is 1. The maximum Gasteiger partial charge on any atom is 0.0850 e. The van der Waals surface area contributed by atoms with Crippen molar-refractivity contribution < 1.29 is 4.74 Å². The molecule has 2 rings (SSSR count). The lowest BCUT2D eigenvalue weighted by Crippen LogP contribution is -2.49. The molecule has 3 nitrogen and oxygen atoms in total. The van der Waals surface area contributed by atoms with Crippen molar-refractivity contribution in [1.82, 2.24) is 4.90 Å². The van der Waals surface area contributed by atoms with Crippen LogP contribution in [0.2, 0.25) is 0 Å². The average molecular weight is 305 g/mol. The molecule has 1 aliphatic rings. The van der Waals surface area contributed by atoms with Gasteiger partial charge >= 0.3 is 0 Å². The summed E-state index contributed by atoms with van der Waals surface area (Å²) >= 11 is 5.28. The quantitative estimate of drug-likeness (QED) is 0.929. The number of thiophene rings is 1. The molecule has 1 aliphatic heterocycles. The molecule has 0 aliphatic carbocycles. The van der Waals surface area contributed by atoms with Gasteiger partial charge in [0.15, 0.2) is 0 Å². The van der Waals surface area contributed by atoms with Crippen molar-refractivity contribution in [2.24, 2.45) is 5.73 Å². The van der Waals surface area contributed by atoms with E-state index in [1.807, 2.05) is 6.92 Å². The van der Waals surface area contributed by atoms with Crippen LogP contribution in [0.1, 0.15) is 11.8 Å². The molecule has 1 saturated heterocycles. The first kappa shape index (κ1) is 12.5. The highest BCUT2D eigenvalue weighted by molar-refractivity contribution is 9.11. The topological polar surface area (TPSA) is 38.5 Å². The predicted molar refractivity (Wildman–Crippen MR) is 70.7 cm³/mol. The monoisotopic (exact) mass is 304 g/mol. The second-order valence-electron chi connectivity index (χ2n) is 4.21. The molecule has 16 heavy (non-hydrogen) atoms. The van der Waals surface area contributed by atoms with E-state index in [1.54, 1.807) is 11.3 Å². The molecule has 1 aromatic heterocycles. The lowest BCUT2D eigenvalue weighted by Gasteiger charge is -2.34. The van der Waals surface area contributed by atoms with Gasteiger partial charge in [0.25, 0.3) is 0 Å². The molecular formula is C11H17BrN2OS. The van der Waals surface area contributed by atoms with Crippen molar-refractivity contribution in [2.75, 3.05) is 19.7 Å². The summed E-state index contributed by atoms with van der Waals surface area (Å²) in [6, 6.07) is 4.38. The second-order valence-corrected chi connectivity index (χ2v) is 6.76. The summed E-state index contributed by atoms with van der Waals surface area (Å²) in [6.45, 7) is 5.74. The minimum atomic E-state index is 0.109. The Labute approximate surface area is 109 Å². The number of halogens is 1. The minimum absolute atomic E-state index is 0.109. The highest BCUT2D eigenvalue weighted by atomic mass is 79.9. The maximum atomic E-state index is 5.87. The van der Waals surface area contributed by atoms with Crippen LogP contribution in [-0.4, -0.2) is 36.7 Å². The van der Waals surface area contributed by atoms with Crippen molar-refractivity contribution in [3.05, 3.63) is 20.8 Å². The molecule has 0 bridgehead atoms. The first-order valence-electron chi connectivity index (χ1n) is 5.49. The Kier molecular flexibility index (Phi) is 4.38. The van der Waals surface area contributed by atoms with E-state index in [4.69, 9.17) is 10.5 Å². The lowest BCUT2D eigenvalue weighted by molar-refractivity contribution is -0.0400. The van der Waals surface area contributed by atoms with E-state index in [0.717, 1.165) is 26.2 Å². The Morgan fingerprint density at radius 1 is 1.69 bits per heavy atom. The summed E-state index contributed by atoms with van der Waals surface area (Å²) in [7, 11) is 0. The molecule has 1 aromatic rings. The van der Waals surface area contributed by atoms with Crippen LogP contribution in [0.4, 0.5) is 0 Å². The number of hydrogen-bond acceptors (Lipinski definition) is 4. The van der Waals surface area contributed by atoms with E-state index in [1.165, 1.54) is 8.66 Å². The van der Waals surface area contributed by atoms with Gasteiger partial charge in [-0.05, 0) is 35.0 Å². The van der Waals surface area contributed by atoms with Gasteiger partial charge < -0.3 is 10.5 Å². The summed E-state index contributed by atoms with van der Waals surface area (Å²) in [4.78, 5) is 3.80. The van der Waals surface area contributed by atoms with Gasteiger partial charge in [-0.25, -0.2) is 0 Å². The van der Waals surface area contributed by atoms with Gasteiger partial charge in [0, 0.05) is 30.6 Å². The molecule has 0 spiro atoms. The Balaban J connectivity index is 1.90. The summed E-state index contributed by atoms with van der Waals surface area (Å²) < 4.78 is 6.83. The largest absolute Gasteiger partial charge is 0.374 e. The molecule has 0 radical (unpaired) electrons. The Morgan fingerprint density at radius 2 is 2.50 bits per heavy atom. The van der Waals surface area contributed by atoms with Crippen molar-refractivity contribution in [2.45, 2.75) is 25.6 Å². The SMILES string of the molecule is CC(N)C1CN(Cc2ccc(Br)s2)CCO1. The molecule has 2 heterocycles. The maximum absolute atomic E-state index is 5.87. The van der Waals surface area contributed by atoms with E-state index in [9.17, 15) is 0 Å². The summed E-state index contributed by atoms with van der Waals surface area (Å²) in [6.07, 6.45) is 0.178. The van der Waals surface area contributed by atoms with Crippen LogP contribution in [0.3, 0.4) is 0 Å². The zero-order valence-corrected chi connectivity index (χ0v) is 11.8. The van der Waals surface area contributed by atoms with Crippen molar-refractivity contribution in [1.29, 1.82) is 0 Å². The number of ether oxygens (including phenoxy) is 1. The van der Waals surface area contributed by atoms with Gasteiger partial charge in [-0.2, -0.15) is 0 Å². The van der Waals surface area contributed by atoms with Crippen LogP contribution in [-0.2, 0) is 11.3 Å². The smallest absolute Gasteiger partial charge is 0.0850 e. The highest BCUT2D eigenvalue weighted by Gasteiger charge is 2.23. The molecular weight excluding hydrogens is 288 g/mol. The predicted octanol–water partition coefficient (Wildman–Crippen LogP) is 2.06. The third kappa shape index (κ3) is 3.28. The third-order valence-electron chi connectivity index (χ3n) is 2.77. The van der Waals surface area contributed by atoms with Crippen LogP contribution >= 0.6 is 27.3 Å². The highest BCUT2D eigenvalue weighted by Crippen LogP contribution is 2.24. The van der Waals surface area contributed by atoms with Crippen molar-refractivity contribution in [3.8, 4) is 0 Å². The minimum Gasteiger partial charge on any atom is -0.374 e. The first-order valence-corrected chi connectivity index (χ1v) is 7.10. The Bertz CT molecular complexity index is 342. The van der Waals surface area contributed by atoms with E-state index in [0.29, 0.717) is 0 Å². The molecule has 90 valence electrons. The lowest BCUT2D eigenvalue weighted by atomic mass is 10.1. The third-order valence-corrected chi connectivity index (χ3v) is 4.38. The Hall–Kier alpha value is 0.0600. The van der Waals surface area contributed by atoms with Crippen molar-refractivity contribution in [3.63, 3.8) is 0 Å². The van der Waals surface area contributed by atoms with E-state index < -0.39 is 0 Å². The Morgan fingerprint density at radius 3 is 3.12 bits per heavy atom. The second kappa shape index (κ2) is 5.60. The molecule has 0 amide bonds. The fraction of sp³-hybridized carbons (Fsp3) is 0.636.